The topological polar surface area (TPSA) is 23.5 Å². The minimum atomic E-state index is -0.370. The molecule has 0 amide bonds. The Kier molecular flexibility index (Phi) is 5.14. The maximum absolute atomic E-state index is 10.2. The van der Waals surface area contributed by atoms with Crippen LogP contribution < -0.4 is 0 Å². The first-order valence-corrected chi connectivity index (χ1v) is 7.53. The highest BCUT2D eigenvalue weighted by molar-refractivity contribution is 7.07. The highest BCUT2D eigenvalue weighted by atomic mass is 32.1. The number of benzene rings is 1. The number of aryl methyl sites for hydroxylation is 1. The summed E-state index contributed by atoms with van der Waals surface area (Å²) in [5.41, 5.74) is 3.58. The Morgan fingerprint density at radius 3 is 2.58 bits per heavy atom. The van der Waals surface area contributed by atoms with E-state index in [-0.39, 0.29) is 6.10 Å². The zero-order chi connectivity index (χ0) is 13.7. The van der Waals surface area contributed by atoms with Crippen LogP contribution in [0.15, 0.2) is 41.1 Å². The molecule has 0 aliphatic carbocycles. The Hall–Kier alpha value is -1.16. The highest BCUT2D eigenvalue weighted by Gasteiger charge is 2.09. The second-order valence-corrected chi connectivity index (χ2v) is 5.86. The van der Waals surface area contributed by atoms with E-state index >= 15 is 0 Å². The van der Waals surface area contributed by atoms with E-state index in [0.717, 1.165) is 25.1 Å². The Balaban J connectivity index is 1.79. The molecule has 0 aliphatic rings. The van der Waals surface area contributed by atoms with Crippen LogP contribution in [0, 0.1) is 6.92 Å². The van der Waals surface area contributed by atoms with Crippen molar-refractivity contribution in [1.82, 2.24) is 4.90 Å². The number of aliphatic hydroxyl groups excluding tert-OH is 1. The summed E-state index contributed by atoms with van der Waals surface area (Å²) in [7, 11) is 2.10. The van der Waals surface area contributed by atoms with Gasteiger partial charge in [0.05, 0.1) is 6.10 Å². The van der Waals surface area contributed by atoms with E-state index in [1.165, 1.54) is 11.1 Å². The van der Waals surface area contributed by atoms with Crippen LogP contribution in [0.5, 0.6) is 0 Å². The molecule has 102 valence electrons. The van der Waals surface area contributed by atoms with E-state index in [4.69, 9.17) is 0 Å². The van der Waals surface area contributed by atoms with Gasteiger partial charge in [0.15, 0.2) is 0 Å². The van der Waals surface area contributed by atoms with E-state index < -0.39 is 0 Å². The predicted molar refractivity (Wildman–Crippen MR) is 81.4 cm³/mol. The maximum Gasteiger partial charge on any atom is 0.0802 e. The third kappa shape index (κ3) is 4.46. The minimum Gasteiger partial charge on any atom is -0.388 e. The van der Waals surface area contributed by atoms with Crippen LogP contribution >= 0.6 is 11.3 Å². The molecule has 0 bridgehead atoms. The first-order chi connectivity index (χ1) is 9.15. The lowest BCUT2D eigenvalue weighted by molar-refractivity contribution is 0.147. The lowest BCUT2D eigenvalue weighted by atomic mass is 10.0. The quantitative estimate of drug-likeness (QED) is 0.870. The summed E-state index contributed by atoms with van der Waals surface area (Å²) in [5, 5.41) is 14.4. The molecule has 0 fully saturated rings. The average Bonchev–Trinajstić information content (AvgIpc) is 2.89. The molecule has 0 aliphatic heterocycles. The molecule has 3 heteroatoms. The number of thiophene rings is 1. The van der Waals surface area contributed by atoms with Gasteiger partial charge >= 0.3 is 0 Å². The summed E-state index contributed by atoms with van der Waals surface area (Å²) in [4.78, 5) is 2.25. The Labute approximate surface area is 119 Å². The molecular weight excluding hydrogens is 254 g/mol. The average molecular weight is 275 g/mol. The second kappa shape index (κ2) is 6.85. The van der Waals surface area contributed by atoms with Crippen molar-refractivity contribution in [2.45, 2.75) is 26.0 Å². The van der Waals surface area contributed by atoms with Crippen LogP contribution in [0.2, 0.25) is 0 Å². The summed E-state index contributed by atoms with van der Waals surface area (Å²) in [6.07, 6.45) is 0.398. The molecule has 1 unspecified atom stereocenters. The normalized spacial score (nSPS) is 12.8. The van der Waals surface area contributed by atoms with Gasteiger partial charge in [0, 0.05) is 13.1 Å². The maximum atomic E-state index is 10.2. The number of hydrogen-bond acceptors (Lipinski definition) is 3. The van der Waals surface area contributed by atoms with Gasteiger partial charge in [-0.25, -0.2) is 0 Å². The van der Waals surface area contributed by atoms with E-state index in [2.05, 4.69) is 35.7 Å². The molecule has 1 atom stereocenters. The van der Waals surface area contributed by atoms with E-state index in [1.54, 1.807) is 11.3 Å². The summed E-state index contributed by atoms with van der Waals surface area (Å²) < 4.78 is 0. The van der Waals surface area contributed by atoms with Gasteiger partial charge in [-0.2, -0.15) is 11.3 Å². The highest BCUT2D eigenvalue weighted by Crippen LogP contribution is 2.18. The van der Waals surface area contributed by atoms with E-state index in [9.17, 15) is 5.11 Å². The first kappa shape index (κ1) is 14.3. The molecule has 2 aromatic rings. The standard InChI is InChI=1S/C16H21NOS/c1-13-3-5-15(6-4-13)16(18)7-9-17(2)11-14-8-10-19-12-14/h3-6,8,10,12,16,18H,7,9,11H2,1-2H3. The molecule has 1 N–H and O–H groups in total. The number of rotatable bonds is 6. The van der Waals surface area contributed by atoms with Gasteiger partial charge < -0.3 is 10.0 Å². The van der Waals surface area contributed by atoms with Crippen LogP contribution in [-0.2, 0) is 6.54 Å². The summed E-state index contributed by atoms with van der Waals surface area (Å²) in [6.45, 7) is 3.90. The van der Waals surface area contributed by atoms with Crippen LogP contribution in [0.4, 0.5) is 0 Å². The van der Waals surface area contributed by atoms with Gasteiger partial charge in [0.2, 0.25) is 0 Å². The van der Waals surface area contributed by atoms with Crippen molar-refractivity contribution < 1.29 is 5.11 Å². The Morgan fingerprint density at radius 1 is 1.21 bits per heavy atom. The van der Waals surface area contributed by atoms with Crippen molar-refractivity contribution in [3.05, 3.63) is 57.8 Å². The predicted octanol–water partition coefficient (Wildman–Crippen LogP) is 3.61. The molecule has 0 saturated carbocycles. The molecule has 2 rings (SSSR count). The van der Waals surface area contributed by atoms with Crippen molar-refractivity contribution in [3.8, 4) is 0 Å². The van der Waals surface area contributed by atoms with Gasteiger partial charge in [-0.1, -0.05) is 29.8 Å². The fraction of sp³-hybridized carbons (Fsp3) is 0.375. The third-order valence-corrected chi connectivity index (χ3v) is 4.01. The molecule has 1 aromatic carbocycles. The van der Waals surface area contributed by atoms with Gasteiger partial charge in [0.25, 0.3) is 0 Å². The zero-order valence-electron chi connectivity index (χ0n) is 11.5. The molecular formula is C16H21NOS. The summed E-state index contributed by atoms with van der Waals surface area (Å²) in [6, 6.07) is 10.3. The zero-order valence-corrected chi connectivity index (χ0v) is 12.4. The van der Waals surface area contributed by atoms with Gasteiger partial charge in [0.1, 0.15) is 0 Å². The smallest absolute Gasteiger partial charge is 0.0802 e. The van der Waals surface area contributed by atoms with E-state index in [1.807, 2.05) is 24.3 Å². The molecule has 1 heterocycles. The van der Waals surface area contributed by atoms with Crippen molar-refractivity contribution in [2.24, 2.45) is 0 Å². The SMILES string of the molecule is Cc1ccc(C(O)CCN(C)Cc2ccsc2)cc1. The molecule has 2 nitrogen and oxygen atoms in total. The van der Waals surface area contributed by atoms with Crippen LogP contribution in [0.25, 0.3) is 0 Å². The number of nitrogens with zero attached hydrogens (tertiary/aromatic N) is 1. The number of hydrogen-bond donors (Lipinski definition) is 1. The van der Waals surface area contributed by atoms with Crippen LogP contribution in [0.3, 0.4) is 0 Å². The molecule has 19 heavy (non-hydrogen) atoms. The molecule has 0 spiro atoms. The fourth-order valence-corrected chi connectivity index (χ4v) is 2.73. The van der Waals surface area contributed by atoms with Gasteiger partial charge in [-0.15, -0.1) is 0 Å². The molecule has 0 radical (unpaired) electrons. The van der Waals surface area contributed by atoms with Gasteiger partial charge in [-0.3, -0.25) is 0 Å². The second-order valence-electron chi connectivity index (χ2n) is 5.08. The Morgan fingerprint density at radius 2 is 1.95 bits per heavy atom. The van der Waals surface area contributed by atoms with Crippen molar-refractivity contribution in [3.63, 3.8) is 0 Å². The monoisotopic (exact) mass is 275 g/mol. The third-order valence-electron chi connectivity index (χ3n) is 3.28. The van der Waals surface area contributed by atoms with E-state index in [0.29, 0.717) is 0 Å². The van der Waals surface area contributed by atoms with Crippen LogP contribution in [-0.4, -0.2) is 23.6 Å². The van der Waals surface area contributed by atoms with Crippen molar-refractivity contribution in [1.29, 1.82) is 0 Å². The lowest BCUT2D eigenvalue weighted by Gasteiger charge is -2.18. The van der Waals surface area contributed by atoms with Crippen LogP contribution in [0.1, 0.15) is 29.2 Å². The van der Waals surface area contributed by atoms with Crippen molar-refractivity contribution in [2.75, 3.05) is 13.6 Å². The minimum absolute atomic E-state index is 0.370. The summed E-state index contributed by atoms with van der Waals surface area (Å²) in [5.74, 6) is 0. The largest absolute Gasteiger partial charge is 0.388 e. The number of aliphatic hydroxyl groups is 1. The first-order valence-electron chi connectivity index (χ1n) is 6.59. The molecule has 1 aromatic heterocycles. The van der Waals surface area contributed by atoms with Gasteiger partial charge in [-0.05, 0) is 48.3 Å². The summed E-state index contributed by atoms with van der Waals surface area (Å²) >= 11 is 1.73. The van der Waals surface area contributed by atoms with Crippen molar-refractivity contribution >= 4 is 11.3 Å². The fourth-order valence-electron chi connectivity index (χ4n) is 2.07. The molecule has 0 saturated heterocycles. The lowest BCUT2D eigenvalue weighted by Crippen LogP contribution is -2.20. The Bertz CT molecular complexity index is 478.